The minimum absolute atomic E-state index is 0.490. The highest BCUT2D eigenvalue weighted by molar-refractivity contribution is 5.77. The number of guanidine groups is 1. The average Bonchev–Trinajstić information content (AvgIpc) is 2.44. The van der Waals surface area contributed by atoms with Crippen LogP contribution >= 0.6 is 0 Å². The topological polar surface area (TPSA) is 62.9 Å². The third-order valence-corrected chi connectivity index (χ3v) is 2.90. The molecule has 0 fully saturated rings. The van der Waals surface area contributed by atoms with Crippen molar-refractivity contribution in [3.05, 3.63) is 35.4 Å². The van der Waals surface area contributed by atoms with E-state index in [4.69, 9.17) is 10.5 Å². The molecule has 0 radical (unpaired) electrons. The summed E-state index contributed by atoms with van der Waals surface area (Å²) < 4.78 is 5.26. The van der Waals surface area contributed by atoms with Crippen molar-refractivity contribution in [3.63, 3.8) is 0 Å². The third kappa shape index (κ3) is 8.32. The first-order valence-electron chi connectivity index (χ1n) is 7.46. The van der Waals surface area contributed by atoms with Crippen molar-refractivity contribution in [3.8, 4) is 0 Å². The first-order chi connectivity index (χ1) is 10.1. The van der Waals surface area contributed by atoms with Crippen LogP contribution in [-0.2, 0) is 17.8 Å². The van der Waals surface area contributed by atoms with Crippen LogP contribution < -0.4 is 11.1 Å². The van der Waals surface area contributed by atoms with Crippen molar-refractivity contribution in [1.82, 2.24) is 10.2 Å². The van der Waals surface area contributed by atoms with E-state index in [0.717, 1.165) is 32.7 Å². The van der Waals surface area contributed by atoms with Crippen molar-refractivity contribution in [2.45, 2.75) is 26.4 Å². The Hall–Kier alpha value is -1.59. The highest BCUT2D eigenvalue weighted by Crippen LogP contribution is 2.08. The monoisotopic (exact) mass is 292 g/mol. The Morgan fingerprint density at radius 2 is 2.10 bits per heavy atom. The maximum Gasteiger partial charge on any atom is 0.188 e. The second-order valence-corrected chi connectivity index (χ2v) is 5.24. The summed E-state index contributed by atoms with van der Waals surface area (Å²) in [6, 6.07) is 8.44. The van der Waals surface area contributed by atoms with Gasteiger partial charge >= 0.3 is 0 Å². The third-order valence-electron chi connectivity index (χ3n) is 2.90. The first-order valence-corrected chi connectivity index (χ1v) is 7.46. The molecule has 3 N–H and O–H groups in total. The van der Waals surface area contributed by atoms with Crippen LogP contribution in [0.25, 0.3) is 0 Å². The minimum Gasteiger partial charge on any atom is -0.382 e. The fraction of sp³-hybridized carbons (Fsp3) is 0.562. The molecule has 5 heteroatoms. The molecule has 0 bridgehead atoms. The molecule has 0 aliphatic carbocycles. The molecule has 0 saturated heterocycles. The number of benzene rings is 1. The van der Waals surface area contributed by atoms with Crippen molar-refractivity contribution in [2.24, 2.45) is 10.7 Å². The number of hydrogen-bond donors (Lipinski definition) is 2. The summed E-state index contributed by atoms with van der Waals surface area (Å²) in [5.41, 5.74) is 8.31. The summed E-state index contributed by atoms with van der Waals surface area (Å²) in [5, 5.41) is 3.10. The summed E-state index contributed by atoms with van der Waals surface area (Å²) in [5.74, 6) is 0.490. The lowest BCUT2D eigenvalue weighted by Crippen LogP contribution is -2.32. The fourth-order valence-electron chi connectivity index (χ4n) is 1.96. The van der Waals surface area contributed by atoms with Crippen LogP contribution in [0.1, 0.15) is 24.5 Å². The summed E-state index contributed by atoms with van der Waals surface area (Å²) in [6.07, 6.45) is 0.933. The van der Waals surface area contributed by atoms with Crippen molar-refractivity contribution >= 4 is 5.96 Å². The Morgan fingerprint density at radius 3 is 2.81 bits per heavy atom. The molecule has 1 aromatic carbocycles. The van der Waals surface area contributed by atoms with Crippen LogP contribution in [0.5, 0.6) is 0 Å². The number of ether oxygens (including phenoxy) is 1. The highest BCUT2D eigenvalue weighted by atomic mass is 16.5. The van der Waals surface area contributed by atoms with Crippen molar-refractivity contribution in [1.29, 1.82) is 0 Å². The largest absolute Gasteiger partial charge is 0.382 e. The normalized spacial score (nSPS) is 11.9. The van der Waals surface area contributed by atoms with Gasteiger partial charge in [-0.05, 0) is 38.6 Å². The Morgan fingerprint density at radius 1 is 1.33 bits per heavy atom. The van der Waals surface area contributed by atoms with Gasteiger partial charge in [0.1, 0.15) is 0 Å². The molecule has 1 rings (SSSR count). The number of nitrogens with one attached hydrogen (secondary N) is 1. The van der Waals surface area contributed by atoms with E-state index >= 15 is 0 Å². The molecule has 0 saturated carbocycles. The molecule has 5 nitrogen and oxygen atoms in total. The number of rotatable bonds is 9. The van der Waals surface area contributed by atoms with Gasteiger partial charge < -0.3 is 20.7 Å². The average molecular weight is 292 g/mol. The van der Waals surface area contributed by atoms with Gasteiger partial charge in [0.15, 0.2) is 5.96 Å². The molecule has 1 aromatic rings. The number of nitrogens with zero attached hydrogens (tertiary/aromatic N) is 2. The molecular weight excluding hydrogens is 264 g/mol. The first kappa shape index (κ1) is 17.5. The van der Waals surface area contributed by atoms with E-state index in [1.54, 1.807) is 0 Å². The zero-order valence-electron chi connectivity index (χ0n) is 13.4. The molecule has 0 spiro atoms. The van der Waals surface area contributed by atoms with E-state index in [2.05, 4.69) is 53.6 Å². The molecule has 118 valence electrons. The number of nitrogens with two attached hydrogens (primary N) is 1. The van der Waals surface area contributed by atoms with Gasteiger partial charge in [0.2, 0.25) is 0 Å². The summed E-state index contributed by atoms with van der Waals surface area (Å²) in [7, 11) is 4.13. The van der Waals surface area contributed by atoms with E-state index in [1.807, 2.05) is 6.92 Å². The molecule has 0 atom stereocenters. The Labute approximate surface area is 128 Å². The van der Waals surface area contributed by atoms with E-state index in [1.165, 1.54) is 11.1 Å². The van der Waals surface area contributed by atoms with Crippen LogP contribution in [0.2, 0.25) is 0 Å². The van der Waals surface area contributed by atoms with Gasteiger partial charge in [0.05, 0.1) is 6.54 Å². The summed E-state index contributed by atoms with van der Waals surface area (Å²) in [6.45, 7) is 5.83. The fourth-order valence-corrected chi connectivity index (χ4v) is 1.96. The summed E-state index contributed by atoms with van der Waals surface area (Å²) in [4.78, 5) is 6.51. The van der Waals surface area contributed by atoms with E-state index in [-0.39, 0.29) is 0 Å². The molecule has 0 unspecified atom stereocenters. The SMILES string of the molecule is CCOCCCNC(N)=NCc1cccc(CN(C)C)c1. The zero-order valence-corrected chi connectivity index (χ0v) is 13.4. The lowest BCUT2D eigenvalue weighted by atomic mass is 10.1. The molecular formula is C16H28N4O. The van der Waals surface area contributed by atoms with Gasteiger partial charge in [-0.15, -0.1) is 0 Å². The predicted octanol–water partition coefficient (Wildman–Crippen LogP) is 1.58. The van der Waals surface area contributed by atoms with Gasteiger partial charge in [-0.3, -0.25) is 0 Å². The van der Waals surface area contributed by atoms with Crippen molar-refractivity contribution < 1.29 is 4.74 Å². The van der Waals surface area contributed by atoms with E-state index in [9.17, 15) is 0 Å². The summed E-state index contributed by atoms with van der Waals surface area (Å²) >= 11 is 0. The Balaban J connectivity index is 2.36. The lowest BCUT2D eigenvalue weighted by molar-refractivity contribution is 0.145. The minimum atomic E-state index is 0.490. The van der Waals surface area contributed by atoms with E-state index in [0.29, 0.717) is 12.5 Å². The van der Waals surface area contributed by atoms with Gasteiger partial charge in [0.25, 0.3) is 0 Å². The van der Waals surface area contributed by atoms with Gasteiger partial charge in [-0.2, -0.15) is 0 Å². The Kier molecular flexibility index (Phi) is 8.47. The van der Waals surface area contributed by atoms with Crippen molar-refractivity contribution in [2.75, 3.05) is 33.9 Å². The zero-order chi connectivity index (χ0) is 15.5. The predicted molar refractivity (Wildman–Crippen MR) is 88.3 cm³/mol. The Bertz CT molecular complexity index is 432. The second kappa shape index (κ2) is 10.2. The quantitative estimate of drug-likeness (QED) is 0.412. The molecule has 0 aliphatic heterocycles. The van der Waals surface area contributed by atoms with E-state index < -0.39 is 0 Å². The molecule has 0 aliphatic rings. The van der Waals surface area contributed by atoms with Crippen LogP contribution in [0.3, 0.4) is 0 Å². The highest BCUT2D eigenvalue weighted by Gasteiger charge is 1.98. The maximum absolute atomic E-state index is 5.84. The second-order valence-electron chi connectivity index (χ2n) is 5.24. The van der Waals surface area contributed by atoms with Crippen LogP contribution in [-0.4, -0.2) is 44.7 Å². The lowest BCUT2D eigenvalue weighted by Gasteiger charge is -2.10. The van der Waals surface area contributed by atoms with Gasteiger partial charge in [-0.1, -0.05) is 24.3 Å². The number of hydrogen-bond acceptors (Lipinski definition) is 3. The smallest absolute Gasteiger partial charge is 0.188 e. The van der Waals surface area contributed by atoms with Crippen LogP contribution in [0.4, 0.5) is 0 Å². The standard InChI is InChI=1S/C16H28N4O/c1-4-21-10-6-9-18-16(17)19-12-14-7-5-8-15(11-14)13-20(2)3/h5,7-8,11H,4,6,9-10,12-13H2,1-3H3,(H3,17,18,19). The van der Waals surface area contributed by atoms with Crippen LogP contribution in [0.15, 0.2) is 29.3 Å². The molecule has 0 amide bonds. The molecule has 0 heterocycles. The van der Waals surface area contributed by atoms with Gasteiger partial charge in [-0.25, -0.2) is 4.99 Å². The van der Waals surface area contributed by atoms with Crippen LogP contribution in [0, 0.1) is 0 Å². The number of aliphatic imine (C=N–C) groups is 1. The molecule has 0 aromatic heterocycles. The maximum atomic E-state index is 5.84. The molecule has 21 heavy (non-hydrogen) atoms. The van der Waals surface area contributed by atoms with Gasteiger partial charge in [0, 0.05) is 26.3 Å².